The third-order valence-corrected chi connectivity index (χ3v) is 2.37. The summed E-state index contributed by atoms with van der Waals surface area (Å²) in [4.78, 5) is 24.3. The van der Waals surface area contributed by atoms with Crippen molar-refractivity contribution < 1.29 is 14.3 Å². The molecule has 16 heavy (non-hydrogen) atoms. The summed E-state index contributed by atoms with van der Waals surface area (Å²) in [5.41, 5.74) is 0. The van der Waals surface area contributed by atoms with Crippen LogP contribution in [0.4, 0.5) is 0 Å². The van der Waals surface area contributed by atoms with Gasteiger partial charge in [-0.1, -0.05) is 19.8 Å². The lowest BCUT2D eigenvalue weighted by Gasteiger charge is -2.16. The average Bonchev–Trinajstić information content (AvgIpc) is 2.26. The molecule has 1 amide bonds. The van der Waals surface area contributed by atoms with E-state index in [1.807, 2.05) is 0 Å². The number of ether oxygens (including phenoxy) is 1. The van der Waals surface area contributed by atoms with Crippen molar-refractivity contribution in [3.63, 3.8) is 0 Å². The van der Waals surface area contributed by atoms with Crippen LogP contribution >= 0.6 is 0 Å². The molecule has 0 N–H and O–H groups in total. The van der Waals surface area contributed by atoms with Gasteiger partial charge in [-0.3, -0.25) is 9.59 Å². The Morgan fingerprint density at radius 2 is 1.81 bits per heavy atom. The van der Waals surface area contributed by atoms with Gasteiger partial charge in [0.25, 0.3) is 0 Å². The Morgan fingerprint density at radius 1 is 1.12 bits per heavy atom. The van der Waals surface area contributed by atoms with Gasteiger partial charge in [0.1, 0.15) is 0 Å². The maximum atomic E-state index is 11.6. The van der Waals surface area contributed by atoms with E-state index in [2.05, 4.69) is 6.92 Å². The van der Waals surface area contributed by atoms with Crippen LogP contribution in [0.2, 0.25) is 0 Å². The van der Waals surface area contributed by atoms with Crippen LogP contribution < -0.4 is 0 Å². The lowest BCUT2D eigenvalue weighted by atomic mass is 10.2. The number of nitrogens with zero attached hydrogens (tertiary/aromatic N) is 1. The second kappa shape index (κ2) is 9.19. The molecule has 4 heteroatoms. The van der Waals surface area contributed by atoms with Crippen LogP contribution in [0.5, 0.6) is 0 Å². The molecule has 0 rings (SSSR count). The summed E-state index contributed by atoms with van der Waals surface area (Å²) in [5, 5.41) is 0. The fourth-order valence-electron chi connectivity index (χ4n) is 1.36. The van der Waals surface area contributed by atoms with E-state index in [1.54, 1.807) is 18.9 Å². The van der Waals surface area contributed by atoms with Crippen LogP contribution in [0.15, 0.2) is 0 Å². The van der Waals surface area contributed by atoms with Gasteiger partial charge in [-0.05, 0) is 13.3 Å². The van der Waals surface area contributed by atoms with E-state index in [0.717, 1.165) is 25.8 Å². The molecule has 94 valence electrons. The fourth-order valence-corrected chi connectivity index (χ4v) is 1.36. The molecule has 4 nitrogen and oxygen atoms in total. The van der Waals surface area contributed by atoms with Gasteiger partial charge in [-0.2, -0.15) is 0 Å². The summed E-state index contributed by atoms with van der Waals surface area (Å²) < 4.78 is 4.76. The molecule has 0 heterocycles. The van der Waals surface area contributed by atoms with Crippen LogP contribution in [-0.2, 0) is 14.3 Å². The predicted octanol–water partition coefficient (Wildman–Crippen LogP) is 1.98. The van der Waals surface area contributed by atoms with Crippen molar-refractivity contribution in [1.82, 2.24) is 4.90 Å². The molecule has 0 aliphatic heterocycles. The first kappa shape index (κ1) is 14.9. The second-order valence-corrected chi connectivity index (χ2v) is 3.83. The lowest BCUT2D eigenvalue weighted by molar-refractivity contribution is -0.145. The molecule has 0 aliphatic carbocycles. The molecule has 0 aromatic carbocycles. The Bertz CT molecular complexity index is 216. The Hall–Kier alpha value is -1.06. The minimum atomic E-state index is -0.294. The molecule has 0 aromatic rings. The highest BCUT2D eigenvalue weighted by atomic mass is 16.5. The van der Waals surface area contributed by atoms with Gasteiger partial charge >= 0.3 is 5.97 Å². The summed E-state index contributed by atoms with van der Waals surface area (Å²) in [6.07, 6.45) is 3.74. The molecule has 0 unspecified atom stereocenters. The molecule has 0 aliphatic rings. The van der Waals surface area contributed by atoms with Crippen LogP contribution in [0.25, 0.3) is 0 Å². The molecular formula is C12H23NO3. The summed E-state index contributed by atoms with van der Waals surface area (Å²) in [5.74, 6) is -0.276. The van der Waals surface area contributed by atoms with Crippen LogP contribution in [0, 0.1) is 0 Å². The molecule has 0 atom stereocenters. The number of esters is 1. The van der Waals surface area contributed by atoms with Crippen molar-refractivity contribution in [3.05, 3.63) is 0 Å². The highest BCUT2D eigenvalue weighted by Gasteiger charge is 2.11. The quantitative estimate of drug-likeness (QED) is 0.472. The van der Waals surface area contributed by atoms with Crippen LogP contribution in [-0.4, -0.2) is 37.0 Å². The third-order valence-electron chi connectivity index (χ3n) is 2.37. The van der Waals surface area contributed by atoms with E-state index < -0.39 is 0 Å². The van der Waals surface area contributed by atoms with E-state index in [-0.39, 0.29) is 24.7 Å². The number of hydrogen-bond acceptors (Lipinski definition) is 3. The van der Waals surface area contributed by atoms with E-state index in [0.29, 0.717) is 6.61 Å². The number of hydrogen-bond donors (Lipinski definition) is 0. The van der Waals surface area contributed by atoms with Gasteiger partial charge < -0.3 is 9.64 Å². The van der Waals surface area contributed by atoms with Gasteiger partial charge in [0.15, 0.2) is 0 Å². The summed E-state index contributed by atoms with van der Waals surface area (Å²) in [7, 11) is 1.78. The zero-order valence-corrected chi connectivity index (χ0v) is 10.6. The molecule has 0 saturated carbocycles. The topological polar surface area (TPSA) is 46.6 Å². The number of amides is 1. The van der Waals surface area contributed by atoms with Crippen molar-refractivity contribution in [2.45, 2.75) is 46.0 Å². The highest BCUT2D eigenvalue weighted by molar-refractivity contribution is 5.81. The molecular weight excluding hydrogens is 206 g/mol. The molecule has 0 bridgehead atoms. The zero-order chi connectivity index (χ0) is 12.4. The Kier molecular flexibility index (Phi) is 8.58. The van der Waals surface area contributed by atoms with E-state index in [1.165, 1.54) is 0 Å². The standard InChI is InChI=1S/C12H23NO3/c1-4-6-7-10-13(3)11(14)8-9-12(15)16-5-2/h4-10H2,1-3H3. The van der Waals surface area contributed by atoms with Gasteiger partial charge in [0.05, 0.1) is 13.0 Å². The minimum absolute atomic E-state index is 0.0177. The van der Waals surface area contributed by atoms with Gasteiger partial charge in [0, 0.05) is 20.0 Å². The predicted molar refractivity (Wildman–Crippen MR) is 63.0 cm³/mol. The summed E-state index contributed by atoms with van der Waals surface area (Å²) >= 11 is 0. The Morgan fingerprint density at radius 3 is 2.38 bits per heavy atom. The Labute approximate surface area is 98.0 Å². The highest BCUT2D eigenvalue weighted by Crippen LogP contribution is 2.01. The third kappa shape index (κ3) is 7.26. The van der Waals surface area contributed by atoms with Gasteiger partial charge in [0.2, 0.25) is 5.91 Å². The van der Waals surface area contributed by atoms with Gasteiger partial charge in [-0.25, -0.2) is 0 Å². The normalized spacial score (nSPS) is 9.94. The smallest absolute Gasteiger partial charge is 0.306 e. The van der Waals surface area contributed by atoms with Crippen molar-refractivity contribution in [2.24, 2.45) is 0 Å². The minimum Gasteiger partial charge on any atom is -0.466 e. The number of carbonyl (C=O) groups excluding carboxylic acids is 2. The molecule has 0 saturated heterocycles. The molecule has 0 radical (unpaired) electrons. The molecule has 0 spiro atoms. The maximum absolute atomic E-state index is 11.6. The van der Waals surface area contributed by atoms with Gasteiger partial charge in [-0.15, -0.1) is 0 Å². The van der Waals surface area contributed by atoms with E-state index in [4.69, 9.17) is 4.74 Å². The second-order valence-electron chi connectivity index (χ2n) is 3.83. The van der Waals surface area contributed by atoms with Crippen molar-refractivity contribution in [3.8, 4) is 0 Å². The zero-order valence-electron chi connectivity index (χ0n) is 10.6. The number of unbranched alkanes of at least 4 members (excludes halogenated alkanes) is 2. The van der Waals surface area contributed by atoms with Crippen LogP contribution in [0.3, 0.4) is 0 Å². The fraction of sp³-hybridized carbons (Fsp3) is 0.833. The van der Waals surface area contributed by atoms with E-state index in [9.17, 15) is 9.59 Å². The van der Waals surface area contributed by atoms with Crippen molar-refractivity contribution >= 4 is 11.9 Å². The van der Waals surface area contributed by atoms with Crippen molar-refractivity contribution in [1.29, 1.82) is 0 Å². The first-order valence-electron chi connectivity index (χ1n) is 6.01. The maximum Gasteiger partial charge on any atom is 0.306 e. The Balaban J connectivity index is 3.66. The van der Waals surface area contributed by atoms with Crippen LogP contribution in [0.1, 0.15) is 46.0 Å². The largest absolute Gasteiger partial charge is 0.466 e. The molecule has 0 aromatic heterocycles. The lowest BCUT2D eigenvalue weighted by Crippen LogP contribution is -2.28. The summed E-state index contributed by atoms with van der Waals surface area (Å²) in [6, 6.07) is 0. The monoisotopic (exact) mass is 229 g/mol. The average molecular weight is 229 g/mol. The number of carbonyl (C=O) groups is 2. The van der Waals surface area contributed by atoms with Crippen molar-refractivity contribution in [2.75, 3.05) is 20.2 Å². The summed E-state index contributed by atoms with van der Waals surface area (Å²) in [6.45, 7) is 5.04. The SMILES string of the molecule is CCCCCN(C)C(=O)CCC(=O)OCC. The van der Waals surface area contributed by atoms with E-state index >= 15 is 0 Å². The first-order chi connectivity index (χ1) is 7.61. The molecule has 0 fully saturated rings. The number of rotatable bonds is 8. The first-order valence-corrected chi connectivity index (χ1v) is 6.01.